The Balaban J connectivity index is 2.87. The lowest BCUT2D eigenvalue weighted by atomic mass is 10.2. The number of benzene rings is 1. The zero-order chi connectivity index (χ0) is 11.4. The number of aliphatic carboxylic acids is 1. The molecule has 0 saturated heterocycles. The summed E-state index contributed by atoms with van der Waals surface area (Å²) in [5.41, 5.74) is 0.691. The van der Waals surface area contributed by atoms with Gasteiger partial charge in [-0.15, -0.1) is 0 Å². The van der Waals surface area contributed by atoms with E-state index in [1.165, 1.54) is 0 Å². The van der Waals surface area contributed by atoms with Crippen molar-refractivity contribution in [2.75, 3.05) is 5.32 Å². The van der Waals surface area contributed by atoms with Gasteiger partial charge in [-0.1, -0.05) is 18.5 Å². The summed E-state index contributed by atoms with van der Waals surface area (Å²) in [5, 5.41) is 12.4. The summed E-state index contributed by atoms with van der Waals surface area (Å²) in [7, 11) is 0. The maximum Gasteiger partial charge on any atom is 0.326 e. The van der Waals surface area contributed by atoms with Crippen LogP contribution in [0.1, 0.15) is 13.3 Å². The molecule has 0 heterocycles. The van der Waals surface area contributed by atoms with Gasteiger partial charge in [-0.25, -0.2) is 4.79 Å². The molecule has 1 aromatic rings. The van der Waals surface area contributed by atoms with Crippen molar-refractivity contribution in [1.29, 1.82) is 0 Å². The van der Waals surface area contributed by atoms with Crippen LogP contribution in [-0.2, 0) is 4.79 Å². The third-order valence-corrected chi connectivity index (χ3v) is 2.89. The molecule has 3 nitrogen and oxygen atoms in total. The summed E-state index contributed by atoms with van der Waals surface area (Å²) in [6.45, 7) is 1.81. The molecule has 0 saturated carbocycles. The molecule has 2 N–H and O–H groups in total. The highest BCUT2D eigenvalue weighted by molar-refractivity contribution is 9.10. The van der Waals surface area contributed by atoms with E-state index in [4.69, 9.17) is 16.7 Å². The van der Waals surface area contributed by atoms with E-state index in [1.54, 1.807) is 18.2 Å². The highest BCUT2D eigenvalue weighted by atomic mass is 79.9. The topological polar surface area (TPSA) is 49.3 Å². The Morgan fingerprint density at radius 1 is 1.67 bits per heavy atom. The van der Waals surface area contributed by atoms with E-state index in [9.17, 15) is 4.79 Å². The van der Waals surface area contributed by atoms with E-state index < -0.39 is 12.0 Å². The zero-order valence-corrected chi connectivity index (χ0v) is 10.5. The van der Waals surface area contributed by atoms with Gasteiger partial charge in [0.2, 0.25) is 0 Å². The van der Waals surface area contributed by atoms with E-state index in [2.05, 4.69) is 21.2 Å². The molecule has 0 amide bonds. The minimum Gasteiger partial charge on any atom is -0.480 e. The molecule has 0 aliphatic carbocycles. The summed E-state index contributed by atoms with van der Waals surface area (Å²) >= 11 is 9.14. The van der Waals surface area contributed by atoms with Gasteiger partial charge in [0.05, 0.1) is 5.69 Å². The summed E-state index contributed by atoms with van der Waals surface area (Å²) in [4.78, 5) is 10.8. The molecule has 1 rings (SSSR count). The molecule has 0 bridgehead atoms. The second-order valence-corrected chi connectivity index (χ2v) is 4.36. The van der Waals surface area contributed by atoms with E-state index in [1.807, 2.05) is 6.92 Å². The van der Waals surface area contributed by atoms with Gasteiger partial charge in [0.1, 0.15) is 6.04 Å². The summed E-state index contributed by atoms with van der Waals surface area (Å²) in [6, 6.07) is 4.61. The van der Waals surface area contributed by atoms with Crippen molar-refractivity contribution >= 4 is 39.2 Å². The Morgan fingerprint density at radius 3 is 2.87 bits per heavy atom. The number of anilines is 1. The van der Waals surface area contributed by atoms with Crippen molar-refractivity contribution in [3.8, 4) is 0 Å². The van der Waals surface area contributed by atoms with Gasteiger partial charge in [-0.2, -0.15) is 0 Å². The minimum atomic E-state index is -0.871. The van der Waals surface area contributed by atoms with Gasteiger partial charge < -0.3 is 10.4 Å². The van der Waals surface area contributed by atoms with Crippen LogP contribution in [0.4, 0.5) is 5.69 Å². The zero-order valence-electron chi connectivity index (χ0n) is 8.13. The summed E-state index contributed by atoms with van der Waals surface area (Å²) in [5.74, 6) is -0.871. The highest BCUT2D eigenvalue weighted by Gasteiger charge is 2.15. The largest absolute Gasteiger partial charge is 0.480 e. The lowest BCUT2D eigenvalue weighted by Gasteiger charge is -2.15. The van der Waals surface area contributed by atoms with Crippen LogP contribution >= 0.6 is 27.5 Å². The van der Waals surface area contributed by atoms with Crippen molar-refractivity contribution in [3.63, 3.8) is 0 Å². The first-order valence-corrected chi connectivity index (χ1v) is 5.66. The standard InChI is InChI=1S/C10H11BrClNO2/c1-2-8(10(14)15)13-9-5-6(12)3-4-7(9)11/h3-5,8,13H,2H2,1H3,(H,14,15). The number of hydrogen-bond acceptors (Lipinski definition) is 2. The SMILES string of the molecule is CCC(Nc1cc(Cl)ccc1Br)C(=O)O. The van der Waals surface area contributed by atoms with Crippen LogP contribution in [0.2, 0.25) is 5.02 Å². The Bertz CT molecular complexity index is 370. The lowest BCUT2D eigenvalue weighted by Crippen LogP contribution is -2.28. The maximum atomic E-state index is 10.8. The molecule has 15 heavy (non-hydrogen) atoms. The number of hydrogen-bond donors (Lipinski definition) is 2. The quantitative estimate of drug-likeness (QED) is 0.894. The van der Waals surface area contributed by atoms with Crippen LogP contribution in [0.15, 0.2) is 22.7 Å². The summed E-state index contributed by atoms with van der Waals surface area (Å²) in [6.07, 6.45) is 0.508. The first kappa shape index (κ1) is 12.3. The van der Waals surface area contributed by atoms with Gasteiger partial charge in [0.15, 0.2) is 0 Å². The normalized spacial score (nSPS) is 12.2. The Kier molecular flexibility index (Phi) is 4.42. The van der Waals surface area contributed by atoms with Gasteiger partial charge in [0, 0.05) is 9.50 Å². The van der Waals surface area contributed by atoms with Gasteiger partial charge in [-0.3, -0.25) is 0 Å². The van der Waals surface area contributed by atoms with Crippen LogP contribution < -0.4 is 5.32 Å². The number of rotatable bonds is 4. The van der Waals surface area contributed by atoms with Crippen LogP contribution in [0.5, 0.6) is 0 Å². The predicted molar refractivity (Wildman–Crippen MR) is 64.5 cm³/mol. The van der Waals surface area contributed by atoms with Gasteiger partial charge >= 0.3 is 5.97 Å². The molecule has 0 aliphatic rings. The molecule has 1 atom stereocenters. The minimum absolute atomic E-state index is 0.508. The Hall–Kier alpha value is -0.740. The number of carboxylic acids is 1. The molecule has 0 fully saturated rings. The first-order chi connectivity index (χ1) is 7.04. The van der Waals surface area contributed by atoms with Crippen molar-refractivity contribution in [2.24, 2.45) is 0 Å². The molecule has 1 aromatic carbocycles. The van der Waals surface area contributed by atoms with Gasteiger partial charge in [0.25, 0.3) is 0 Å². The predicted octanol–water partition coefficient (Wildman–Crippen LogP) is 3.38. The Morgan fingerprint density at radius 2 is 2.33 bits per heavy atom. The second-order valence-electron chi connectivity index (χ2n) is 3.07. The van der Waals surface area contributed by atoms with E-state index in [-0.39, 0.29) is 0 Å². The van der Waals surface area contributed by atoms with Crippen molar-refractivity contribution in [2.45, 2.75) is 19.4 Å². The molecule has 0 aromatic heterocycles. The second kappa shape index (κ2) is 5.37. The number of halogens is 2. The fraction of sp³-hybridized carbons (Fsp3) is 0.300. The monoisotopic (exact) mass is 291 g/mol. The van der Waals surface area contributed by atoms with E-state index in [0.29, 0.717) is 17.1 Å². The lowest BCUT2D eigenvalue weighted by molar-refractivity contribution is -0.137. The van der Waals surface area contributed by atoms with Crippen LogP contribution in [-0.4, -0.2) is 17.1 Å². The molecule has 0 radical (unpaired) electrons. The van der Waals surface area contributed by atoms with E-state index in [0.717, 1.165) is 4.47 Å². The third-order valence-electron chi connectivity index (χ3n) is 1.96. The third kappa shape index (κ3) is 3.39. The highest BCUT2D eigenvalue weighted by Crippen LogP contribution is 2.26. The molecule has 0 spiro atoms. The molecule has 1 unspecified atom stereocenters. The summed E-state index contributed by atoms with van der Waals surface area (Å²) < 4.78 is 0.798. The number of nitrogens with one attached hydrogen (secondary N) is 1. The van der Waals surface area contributed by atoms with Crippen molar-refractivity contribution < 1.29 is 9.90 Å². The fourth-order valence-corrected chi connectivity index (χ4v) is 1.67. The smallest absolute Gasteiger partial charge is 0.326 e. The number of carbonyl (C=O) groups is 1. The molecule has 82 valence electrons. The Labute approximate surface area is 102 Å². The maximum absolute atomic E-state index is 10.8. The molecule has 0 aliphatic heterocycles. The molecular weight excluding hydrogens is 281 g/mol. The van der Waals surface area contributed by atoms with Crippen molar-refractivity contribution in [3.05, 3.63) is 27.7 Å². The first-order valence-electron chi connectivity index (χ1n) is 4.49. The van der Waals surface area contributed by atoms with Crippen molar-refractivity contribution in [1.82, 2.24) is 0 Å². The van der Waals surface area contributed by atoms with Gasteiger partial charge in [-0.05, 0) is 40.5 Å². The molecule has 5 heteroatoms. The average molecular weight is 293 g/mol. The van der Waals surface area contributed by atoms with E-state index >= 15 is 0 Å². The average Bonchev–Trinajstić information content (AvgIpc) is 2.18. The molecular formula is C10H11BrClNO2. The van der Waals surface area contributed by atoms with Crippen LogP contribution in [0.25, 0.3) is 0 Å². The number of carboxylic acid groups (broad SMARTS) is 1. The van der Waals surface area contributed by atoms with Crippen LogP contribution in [0.3, 0.4) is 0 Å². The fourth-order valence-electron chi connectivity index (χ4n) is 1.13. The van der Waals surface area contributed by atoms with Crippen LogP contribution in [0, 0.1) is 0 Å².